The van der Waals surface area contributed by atoms with Gasteiger partial charge < -0.3 is 19.5 Å². The first-order chi connectivity index (χ1) is 10.2. The predicted molar refractivity (Wildman–Crippen MR) is 92.0 cm³/mol. The topological polar surface area (TPSA) is 39.7 Å². The van der Waals surface area contributed by atoms with Crippen molar-refractivity contribution in [3.8, 4) is 5.75 Å². The molecule has 120 valence electrons. The molecule has 0 atom stereocenters. The summed E-state index contributed by atoms with van der Waals surface area (Å²) in [7, 11) is 3.35. The lowest BCUT2D eigenvalue weighted by molar-refractivity contribution is 0.0688. The second-order valence-corrected chi connectivity index (χ2v) is 6.29. The zero-order valence-corrected chi connectivity index (χ0v) is 15.8. The molecule has 0 aliphatic rings. The molecule has 1 aromatic carbocycles. The van der Waals surface area contributed by atoms with Crippen molar-refractivity contribution in [3.63, 3.8) is 0 Å². The Morgan fingerprint density at radius 1 is 1.00 bits per heavy atom. The number of methoxy groups -OCH3 is 2. The SMILES string of the molecule is COCCOCCCCNCc1cc(Br)c(OC)c(Br)c1. The van der Waals surface area contributed by atoms with E-state index in [1.807, 2.05) is 0 Å². The van der Waals surface area contributed by atoms with Crippen LogP contribution >= 0.6 is 31.9 Å². The molecule has 1 aromatic rings. The van der Waals surface area contributed by atoms with Gasteiger partial charge in [-0.1, -0.05) is 0 Å². The molecule has 6 heteroatoms. The first kappa shape index (κ1) is 18.9. The van der Waals surface area contributed by atoms with Gasteiger partial charge in [0, 0.05) is 20.3 Å². The average molecular weight is 425 g/mol. The molecule has 0 heterocycles. The Bertz CT molecular complexity index is 393. The molecule has 0 unspecified atom stereocenters. The molecule has 0 saturated carbocycles. The fourth-order valence-corrected chi connectivity index (χ4v) is 3.45. The second kappa shape index (κ2) is 11.4. The van der Waals surface area contributed by atoms with E-state index in [1.54, 1.807) is 14.2 Å². The summed E-state index contributed by atoms with van der Waals surface area (Å²) in [5.41, 5.74) is 1.21. The van der Waals surface area contributed by atoms with Gasteiger partial charge in [-0.05, 0) is 68.9 Å². The van der Waals surface area contributed by atoms with E-state index in [0.717, 1.165) is 47.2 Å². The van der Waals surface area contributed by atoms with Crippen LogP contribution in [0.4, 0.5) is 0 Å². The summed E-state index contributed by atoms with van der Waals surface area (Å²) in [4.78, 5) is 0. The summed E-state index contributed by atoms with van der Waals surface area (Å²) in [6.07, 6.45) is 2.16. The van der Waals surface area contributed by atoms with Gasteiger partial charge in [-0.25, -0.2) is 0 Å². The van der Waals surface area contributed by atoms with Crippen molar-refractivity contribution in [1.29, 1.82) is 0 Å². The van der Waals surface area contributed by atoms with Crippen LogP contribution in [0.15, 0.2) is 21.1 Å². The van der Waals surface area contributed by atoms with Gasteiger partial charge in [0.2, 0.25) is 0 Å². The van der Waals surface area contributed by atoms with Gasteiger partial charge in [0.25, 0.3) is 0 Å². The van der Waals surface area contributed by atoms with Gasteiger partial charge in [-0.3, -0.25) is 0 Å². The highest BCUT2D eigenvalue weighted by molar-refractivity contribution is 9.11. The summed E-state index contributed by atoms with van der Waals surface area (Å²) >= 11 is 7.02. The molecular weight excluding hydrogens is 402 g/mol. The minimum Gasteiger partial charge on any atom is -0.494 e. The first-order valence-corrected chi connectivity index (χ1v) is 8.57. The lowest BCUT2D eigenvalue weighted by Crippen LogP contribution is -2.15. The van der Waals surface area contributed by atoms with Crippen molar-refractivity contribution < 1.29 is 14.2 Å². The molecule has 1 N–H and O–H groups in total. The highest BCUT2D eigenvalue weighted by atomic mass is 79.9. The zero-order chi connectivity index (χ0) is 15.5. The van der Waals surface area contributed by atoms with Gasteiger partial charge >= 0.3 is 0 Å². The molecule has 21 heavy (non-hydrogen) atoms. The third kappa shape index (κ3) is 7.61. The molecule has 0 amide bonds. The predicted octanol–water partition coefficient (Wildman–Crippen LogP) is 3.75. The number of hydrogen-bond acceptors (Lipinski definition) is 4. The monoisotopic (exact) mass is 423 g/mol. The number of hydrogen-bond donors (Lipinski definition) is 1. The van der Waals surface area contributed by atoms with E-state index in [2.05, 4.69) is 49.3 Å². The Morgan fingerprint density at radius 2 is 1.71 bits per heavy atom. The van der Waals surface area contributed by atoms with E-state index in [-0.39, 0.29) is 0 Å². The Kier molecular flexibility index (Phi) is 10.3. The lowest BCUT2D eigenvalue weighted by Gasteiger charge is -2.10. The summed E-state index contributed by atoms with van der Waals surface area (Å²) in [5.74, 6) is 0.826. The maximum absolute atomic E-state index is 5.42. The Balaban J connectivity index is 2.16. The molecular formula is C15H23Br2NO3. The third-order valence-electron chi connectivity index (χ3n) is 2.92. The van der Waals surface area contributed by atoms with Gasteiger partial charge in [0.15, 0.2) is 0 Å². The van der Waals surface area contributed by atoms with Gasteiger partial charge in [0.05, 0.1) is 29.3 Å². The fraction of sp³-hybridized carbons (Fsp3) is 0.600. The molecule has 0 aliphatic heterocycles. The lowest BCUT2D eigenvalue weighted by atomic mass is 10.2. The number of unbranched alkanes of at least 4 members (excludes halogenated alkanes) is 1. The van der Waals surface area contributed by atoms with Crippen LogP contribution in [-0.4, -0.2) is 40.6 Å². The number of halogens is 2. The number of benzene rings is 1. The van der Waals surface area contributed by atoms with Crippen LogP contribution in [0.1, 0.15) is 18.4 Å². The van der Waals surface area contributed by atoms with Crippen molar-refractivity contribution in [3.05, 3.63) is 26.6 Å². The highest BCUT2D eigenvalue weighted by Crippen LogP contribution is 2.34. The molecule has 0 saturated heterocycles. The highest BCUT2D eigenvalue weighted by Gasteiger charge is 2.07. The Hall–Kier alpha value is -0.140. The summed E-state index contributed by atoms with van der Waals surface area (Å²) in [6, 6.07) is 4.15. The second-order valence-electron chi connectivity index (χ2n) is 4.58. The Morgan fingerprint density at radius 3 is 2.33 bits per heavy atom. The maximum Gasteiger partial charge on any atom is 0.147 e. The third-order valence-corrected chi connectivity index (χ3v) is 4.09. The molecule has 0 aliphatic carbocycles. The van der Waals surface area contributed by atoms with Crippen molar-refractivity contribution in [1.82, 2.24) is 5.32 Å². The quantitative estimate of drug-likeness (QED) is 0.549. The van der Waals surface area contributed by atoms with Crippen LogP contribution in [0.3, 0.4) is 0 Å². The van der Waals surface area contributed by atoms with Gasteiger partial charge in [0.1, 0.15) is 5.75 Å². The minimum absolute atomic E-state index is 0.666. The fourth-order valence-electron chi connectivity index (χ4n) is 1.84. The normalized spacial score (nSPS) is 10.9. The average Bonchev–Trinajstić information content (AvgIpc) is 2.45. The summed E-state index contributed by atoms with van der Waals surface area (Å²) in [6.45, 7) is 3.96. The van der Waals surface area contributed by atoms with E-state index in [1.165, 1.54) is 5.56 Å². The first-order valence-electron chi connectivity index (χ1n) is 6.98. The van der Waals surface area contributed by atoms with Crippen molar-refractivity contribution >= 4 is 31.9 Å². The smallest absolute Gasteiger partial charge is 0.147 e. The Labute approximate surface area is 143 Å². The van der Waals surface area contributed by atoms with E-state index in [9.17, 15) is 0 Å². The number of nitrogens with one attached hydrogen (secondary N) is 1. The van der Waals surface area contributed by atoms with Crippen molar-refractivity contribution in [2.45, 2.75) is 19.4 Å². The molecule has 1 rings (SSSR count). The van der Waals surface area contributed by atoms with Crippen LogP contribution in [0, 0.1) is 0 Å². The molecule has 0 bridgehead atoms. The van der Waals surface area contributed by atoms with Crippen LogP contribution in [0.2, 0.25) is 0 Å². The largest absolute Gasteiger partial charge is 0.494 e. The van der Waals surface area contributed by atoms with Crippen LogP contribution in [-0.2, 0) is 16.0 Å². The van der Waals surface area contributed by atoms with Gasteiger partial charge in [-0.15, -0.1) is 0 Å². The van der Waals surface area contributed by atoms with E-state index in [4.69, 9.17) is 14.2 Å². The summed E-state index contributed by atoms with van der Waals surface area (Å²) < 4.78 is 17.5. The van der Waals surface area contributed by atoms with Gasteiger partial charge in [-0.2, -0.15) is 0 Å². The minimum atomic E-state index is 0.666. The van der Waals surface area contributed by atoms with Crippen LogP contribution in [0.5, 0.6) is 5.75 Å². The molecule has 0 spiro atoms. The zero-order valence-electron chi connectivity index (χ0n) is 12.6. The van der Waals surface area contributed by atoms with Crippen LogP contribution < -0.4 is 10.1 Å². The van der Waals surface area contributed by atoms with Crippen molar-refractivity contribution in [2.75, 3.05) is 40.6 Å². The number of rotatable bonds is 11. The summed E-state index contributed by atoms with van der Waals surface area (Å²) in [5, 5.41) is 3.43. The maximum atomic E-state index is 5.42. The van der Waals surface area contributed by atoms with E-state index >= 15 is 0 Å². The van der Waals surface area contributed by atoms with Crippen LogP contribution in [0.25, 0.3) is 0 Å². The molecule has 0 aromatic heterocycles. The van der Waals surface area contributed by atoms with Crippen molar-refractivity contribution in [2.24, 2.45) is 0 Å². The molecule has 0 radical (unpaired) electrons. The standard InChI is InChI=1S/C15H23Br2NO3/c1-19-7-8-21-6-4-3-5-18-11-12-9-13(16)15(20-2)14(17)10-12/h9-10,18H,3-8,11H2,1-2H3. The van der Waals surface area contributed by atoms with E-state index < -0.39 is 0 Å². The van der Waals surface area contributed by atoms with E-state index in [0.29, 0.717) is 13.2 Å². The molecule has 4 nitrogen and oxygen atoms in total. The number of ether oxygens (including phenoxy) is 3. The molecule has 0 fully saturated rings.